The van der Waals surface area contributed by atoms with Crippen molar-refractivity contribution in [1.82, 2.24) is 0 Å². The van der Waals surface area contributed by atoms with Crippen LogP contribution in [0.3, 0.4) is 0 Å². The second-order valence-corrected chi connectivity index (χ2v) is 5.01. The fourth-order valence-corrected chi connectivity index (χ4v) is 1.98. The number of carbonyl (C=O) groups is 1. The van der Waals surface area contributed by atoms with Crippen LogP contribution in [0.15, 0.2) is 47.5 Å². The van der Waals surface area contributed by atoms with Crippen LogP contribution in [-0.4, -0.2) is 35.4 Å². The summed E-state index contributed by atoms with van der Waals surface area (Å²) in [6.45, 7) is 1.40. The third kappa shape index (κ3) is 4.54. The lowest BCUT2D eigenvalue weighted by molar-refractivity contribution is -0.384. The Morgan fingerprint density at radius 2 is 2.04 bits per heavy atom. The minimum atomic E-state index is -1.12. The number of non-ortho nitro benzene ring substituents is 1. The van der Waals surface area contributed by atoms with Crippen LogP contribution >= 0.6 is 0 Å². The highest BCUT2D eigenvalue weighted by molar-refractivity contribution is 5.87. The molecule has 0 aliphatic rings. The first-order chi connectivity index (χ1) is 11.9. The largest absolute Gasteiger partial charge is 0.493 e. The van der Waals surface area contributed by atoms with E-state index in [1.807, 2.05) is 0 Å². The molecule has 0 heterocycles. The van der Waals surface area contributed by atoms with Crippen molar-refractivity contribution in [3.8, 4) is 11.5 Å². The fraction of sp³-hybridized carbons (Fsp3) is 0.176. The molecule has 0 unspecified atom stereocenters. The molecule has 2 aromatic carbocycles. The third-order valence-electron chi connectivity index (χ3n) is 3.26. The summed E-state index contributed by atoms with van der Waals surface area (Å²) < 4.78 is 10.7. The molecule has 0 amide bonds. The van der Waals surface area contributed by atoms with Gasteiger partial charge in [0.25, 0.3) is 5.69 Å². The molecule has 0 aromatic heterocycles. The molecule has 8 heteroatoms. The van der Waals surface area contributed by atoms with Crippen LogP contribution in [0.2, 0.25) is 0 Å². The smallest absolute Gasteiger partial charge is 0.344 e. The minimum absolute atomic E-state index is 0.0729. The molecule has 2 rings (SSSR count). The number of hydrogen-bond acceptors (Lipinski definition) is 6. The Balaban J connectivity index is 2.37. The van der Waals surface area contributed by atoms with Crippen molar-refractivity contribution in [3.05, 3.63) is 58.1 Å². The highest BCUT2D eigenvalue weighted by Crippen LogP contribution is 2.31. The topological polar surface area (TPSA) is 111 Å². The summed E-state index contributed by atoms with van der Waals surface area (Å²) in [5.41, 5.74) is 0.796. The summed E-state index contributed by atoms with van der Waals surface area (Å²) in [5, 5.41) is 19.8. The Morgan fingerprint density at radius 3 is 2.68 bits per heavy atom. The second kappa shape index (κ2) is 7.91. The van der Waals surface area contributed by atoms with E-state index in [1.54, 1.807) is 24.3 Å². The average molecular weight is 344 g/mol. The van der Waals surface area contributed by atoms with Gasteiger partial charge in [-0.3, -0.25) is 15.1 Å². The minimum Gasteiger partial charge on any atom is -0.493 e. The van der Waals surface area contributed by atoms with E-state index in [0.29, 0.717) is 17.0 Å². The van der Waals surface area contributed by atoms with Crippen LogP contribution in [0.25, 0.3) is 0 Å². The van der Waals surface area contributed by atoms with Crippen LogP contribution < -0.4 is 9.47 Å². The molecule has 25 heavy (non-hydrogen) atoms. The second-order valence-electron chi connectivity index (χ2n) is 5.01. The summed E-state index contributed by atoms with van der Waals surface area (Å²) in [5.74, 6) is -0.530. The number of methoxy groups -OCH3 is 1. The Labute approximate surface area is 143 Å². The zero-order chi connectivity index (χ0) is 18.4. The number of rotatable bonds is 7. The summed E-state index contributed by atoms with van der Waals surface area (Å²) in [7, 11) is 1.44. The number of benzene rings is 2. The molecular weight excluding hydrogens is 328 g/mol. The van der Waals surface area contributed by atoms with Crippen LogP contribution in [0.5, 0.6) is 11.5 Å². The van der Waals surface area contributed by atoms with Gasteiger partial charge in [-0.25, -0.2) is 4.79 Å². The van der Waals surface area contributed by atoms with Gasteiger partial charge >= 0.3 is 5.97 Å². The van der Waals surface area contributed by atoms with Crippen molar-refractivity contribution in [1.29, 1.82) is 0 Å². The van der Waals surface area contributed by atoms with Gasteiger partial charge < -0.3 is 14.6 Å². The van der Waals surface area contributed by atoms with Crippen molar-refractivity contribution < 1.29 is 24.3 Å². The van der Waals surface area contributed by atoms with Gasteiger partial charge in [-0.05, 0) is 25.1 Å². The van der Waals surface area contributed by atoms with E-state index in [1.165, 1.54) is 38.4 Å². The molecule has 0 saturated carbocycles. The van der Waals surface area contributed by atoms with Crippen LogP contribution in [-0.2, 0) is 4.79 Å². The zero-order valence-electron chi connectivity index (χ0n) is 13.6. The zero-order valence-corrected chi connectivity index (χ0v) is 13.6. The van der Waals surface area contributed by atoms with Crippen molar-refractivity contribution in [3.63, 3.8) is 0 Å². The van der Waals surface area contributed by atoms with E-state index in [4.69, 9.17) is 14.6 Å². The Morgan fingerprint density at radius 1 is 1.32 bits per heavy atom. The Hall–Kier alpha value is -3.42. The maximum atomic E-state index is 11.0. The molecule has 8 nitrogen and oxygen atoms in total. The molecular formula is C17H16N2O6. The van der Waals surface area contributed by atoms with Crippen LogP contribution in [0, 0.1) is 10.1 Å². The summed E-state index contributed by atoms with van der Waals surface area (Å²) in [4.78, 5) is 25.5. The summed E-state index contributed by atoms with van der Waals surface area (Å²) in [6, 6.07) is 10.9. The van der Waals surface area contributed by atoms with E-state index in [-0.39, 0.29) is 11.4 Å². The number of nitrogens with zero attached hydrogens (tertiary/aromatic N) is 2. The molecule has 0 aliphatic carbocycles. The number of carboxylic acids is 1. The van der Waals surface area contributed by atoms with E-state index >= 15 is 0 Å². The Bertz CT molecular complexity index is 819. The lowest BCUT2D eigenvalue weighted by atomic mass is 10.2. The predicted octanol–water partition coefficient (Wildman–Crippen LogP) is 3.21. The van der Waals surface area contributed by atoms with Crippen molar-refractivity contribution in [2.24, 2.45) is 4.99 Å². The number of para-hydroxylation sites is 1. The summed E-state index contributed by atoms with van der Waals surface area (Å²) in [6.07, 6.45) is 0.354. The quantitative estimate of drug-likeness (QED) is 0.469. The van der Waals surface area contributed by atoms with Crippen molar-refractivity contribution in [2.75, 3.05) is 7.11 Å². The highest BCUT2D eigenvalue weighted by atomic mass is 16.6. The first-order valence-electron chi connectivity index (χ1n) is 7.27. The number of nitro benzene ring substituents is 1. The molecule has 0 spiro atoms. The normalized spacial score (nSPS) is 11.9. The maximum Gasteiger partial charge on any atom is 0.344 e. The third-order valence-corrected chi connectivity index (χ3v) is 3.26. The van der Waals surface area contributed by atoms with Gasteiger partial charge in [0.05, 0.1) is 17.7 Å². The number of aliphatic carboxylic acids is 1. The van der Waals surface area contributed by atoms with E-state index in [9.17, 15) is 14.9 Å². The lowest BCUT2D eigenvalue weighted by Crippen LogP contribution is -2.23. The van der Waals surface area contributed by atoms with Gasteiger partial charge in [-0.2, -0.15) is 0 Å². The molecule has 2 aromatic rings. The predicted molar refractivity (Wildman–Crippen MR) is 91.1 cm³/mol. The van der Waals surface area contributed by atoms with Gasteiger partial charge in [0.2, 0.25) is 0 Å². The fourth-order valence-electron chi connectivity index (χ4n) is 1.98. The van der Waals surface area contributed by atoms with Gasteiger partial charge in [0, 0.05) is 23.9 Å². The molecule has 0 bridgehead atoms. The number of aliphatic imine (C=N–C) groups is 1. The number of nitro groups is 1. The average Bonchev–Trinajstić information content (AvgIpc) is 2.60. The first kappa shape index (κ1) is 17.9. The SMILES string of the molecule is COc1cccc(C=Nc2cccc([N+](=O)[O-])c2)c1O[C@@H](C)C(=O)O. The van der Waals surface area contributed by atoms with Gasteiger partial charge in [0.1, 0.15) is 0 Å². The monoisotopic (exact) mass is 344 g/mol. The highest BCUT2D eigenvalue weighted by Gasteiger charge is 2.18. The molecule has 0 saturated heterocycles. The number of ether oxygens (including phenoxy) is 2. The van der Waals surface area contributed by atoms with Gasteiger partial charge in [-0.15, -0.1) is 0 Å². The lowest BCUT2D eigenvalue weighted by Gasteiger charge is -2.15. The Kier molecular flexibility index (Phi) is 5.67. The van der Waals surface area contributed by atoms with Crippen LogP contribution in [0.1, 0.15) is 12.5 Å². The molecule has 0 aliphatic heterocycles. The molecule has 0 fully saturated rings. The van der Waals surface area contributed by atoms with Crippen molar-refractivity contribution in [2.45, 2.75) is 13.0 Å². The van der Waals surface area contributed by atoms with E-state index < -0.39 is 17.0 Å². The number of hydrogen-bond donors (Lipinski definition) is 1. The molecule has 1 N–H and O–H groups in total. The van der Waals surface area contributed by atoms with Crippen molar-refractivity contribution >= 4 is 23.6 Å². The summed E-state index contributed by atoms with van der Waals surface area (Å²) >= 11 is 0. The molecule has 0 radical (unpaired) electrons. The maximum absolute atomic E-state index is 11.0. The van der Waals surface area contributed by atoms with Crippen LogP contribution in [0.4, 0.5) is 11.4 Å². The number of carboxylic acid groups (broad SMARTS) is 1. The first-order valence-corrected chi connectivity index (χ1v) is 7.27. The molecule has 130 valence electrons. The van der Waals surface area contributed by atoms with Gasteiger partial charge in [-0.1, -0.05) is 12.1 Å². The van der Waals surface area contributed by atoms with Gasteiger partial charge in [0.15, 0.2) is 17.6 Å². The molecule has 1 atom stereocenters. The van der Waals surface area contributed by atoms with E-state index in [2.05, 4.69) is 4.99 Å². The van der Waals surface area contributed by atoms with E-state index in [0.717, 1.165) is 0 Å². The standard InChI is InChI=1S/C17H16N2O6/c1-11(17(20)21)25-16-12(5-3-8-15(16)24-2)10-18-13-6-4-7-14(9-13)19(22)23/h3-11H,1-2H3,(H,20,21)/t11-/m0/s1.